The van der Waals surface area contributed by atoms with Gasteiger partial charge >= 0.3 is 0 Å². The van der Waals surface area contributed by atoms with Crippen molar-refractivity contribution in [2.24, 2.45) is 0 Å². The van der Waals surface area contributed by atoms with Crippen LogP contribution in [0, 0.1) is 0 Å². The Balaban J connectivity index is 1.67. The minimum Gasteiger partial charge on any atom is -0.493 e. The van der Waals surface area contributed by atoms with Crippen molar-refractivity contribution in [2.75, 3.05) is 19.5 Å². The van der Waals surface area contributed by atoms with Crippen molar-refractivity contribution in [3.05, 3.63) is 58.4 Å². The van der Waals surface area contributed by atoms with Gasteiger partial charge in [0.25, 0.3) is 5.91 Å². The Morgan fingerprint density at radius 1 is 1.11 bits per heavy atom. The number of rotatable bonds is 4. The van der Waals surface area contributed by atoms with Crippen LogP contribution in [0.5, 0.6) is 11.5 Å². The maximum absolute atomic E-state index is 12.5. The number of benzene rings is 2. The maximum Gasteiger partial charge on any atom is 0.293 e. The molecule has 0 bridgehead atoms. The molecular formula is C19H14N2O5S. The van der Waals surface area contributed by atoms with Crippen LogP contribution in [0.15, 0.2) is 51.7 Å². The van der Waals surface area contributed by atoms with E-state index in [1.165, 1.54) is 17.4 Å². The zero-order chi connectivity index (χ0) is 19.0. The molecule has 2 aromatic carbocycles. The number of fused-ring (bicyclic) bond motifs is 2. The second-order valence-electron chi connectivity index (χ2n) is 5.62. The third kappa shape index (κ3) is 3.11. The lowest BCUT2D eigenvalue weighted by Crippen LogP contribution is -2.14. The summed E-state index contributed by atoms with van der Waals surface area (Å²) >= 11 is 1.28. The van der Waals surface area contributed by atoms with Gasteiger partial charge in [-0.2, -0.15) is 0 Å². The Morgan fingerprint density at radius 2 is 1.85 bits per heavy atom. The SMILES string of the molecule is COc1cc2nc(NC(=O)c3cc(=O)c4ccccc4o3)sc2cc1OC. The highest BCUT2D eigenvalue weighted by Gasteiger charge is 2.16. The van der Waals surface area contributed by atoms with Crippen LogP contribution in [0.3, 0.4) is 0 Å². The van der Waals surface area contributed by atoms with Crippen molar-refractivity contribution in [2.45, 2.75) is 0 Å². The molecule has 2 aromatic heterocycles. The molecular weight excluding hydrogens is 368 g/mol. The molecule has 136 valence electrons. The summed E-state index contributed by atoms with van der Waals surface area (Å²) in [4.78, 5) is 29.0. The lowest BCUT2D eigenvalue weighted by molar-refractivity contribution is 0.0997. The number of aromatic nitrogens is 1. The summed E-state index contributed by atoms with van der Waals surface area (Å²) < 4.78 is 16.9. The number of nitrogens with one attached hydrogen (secondary N) is 1. The van der Waals surface area contributed by atoms with Crippen LogP contribution in [0.25, 0.3) is 21.2 Å². The van der Waals surface area contributed by atoms with E-state index in [2.05, 4.69) is 10.3 Å². The Hall–Kier alpha value is -3.39. The number of anilines is 1. The fourth-order valence-corrected chi connectivity index (χ4v) is 3.55. The molecule has 0 saturated heterocycles. The molecule has 1 amide bonds. The maximum atomic E-state index is 12.5. The number of carbonyl (C=O) groups excluding carboxylic acids is 1. The zero-order valence-corrected chi connectivity index (χ0v) is 15.3. The van der Waals surface area contributed by atoms with E-state index in [1.807, 2.05) is 0 Å². The molecule has 0 aliphatic heterocycles. The highest BCUT2D eigenvalue weighted by molar-refractivity contribution is 7.22. The van der Waals surface area contributed by atoms with E-state index in [0.717, 1.165) is 4.70 Å². The van der Waals surface area contributed by atoms with Crippen LogP contribution in [-0.2, 0) is 0 Å². The quantitative estimate of drug-likeness (QED) is 0.579. The van der Waals surface area contributed by atoms with Gasteiger partial charge in [0.2, 0.25) is 0 Å². The smallest absolute Gasteiger partial charge is 0.293 e. The number of methoxy groups -OCH3 is 2. The van der Waals surface area contributed by atoms with E-state index in [0.29, 0.717) is 33.1 Å². The first-order valence-corrected chi connectivity index (χ1v) is 8.77. The van der Waals surface area contributed by atoms with Gasteiger partial charge in [-0.25, -0.2) is 4.98 Å². The summed E-state index contributed by atoms with van der Waals surface area (Å²) in [6.45, 7) is 0. The molecule has 0 unspecified atom stereocenters. The van der Waals surface area contributed by atoms with Gasteiger partial charge in [-0.3, -0.25) is 14.9 Å². The average molecular weight is 382 g/mol. The van der Waals surface area contributed by atoms with Gasteiger partial charge in [0.1, 0.15) is 5.58 Å². The lowest BCUT2D eigenvalue weighted by atomic mass is 10.2. The van der Waals surface area contributed by atoms with Gasteiger partial charge in [0.15, 0.2) is 27.8 Å². The topological polar surface area (TPSA) is 90.7 Å². The number of ether oxygens (including phenoxy) is 2. The van der Waals surface area contributed by atoms with E-state index >= 15 is 0 Å². The van der Waals surface area contributed by atoms with Crippen molar-refractivity contribution in [1.29, 1.82) is 0 Å². The molecule has 1 N–H and O–H groups in total. The minimum atomic E-state index is -0.546. The van der Waals surface area contributed by atoms with Gasteiger partial charge in [0, 0.05) is 18.2 Å². The molecule has 0 atom stereocenters. The number of hydrogen-bond donors (Lipinski definition) is 1. The Labute approximate surface area is 157 Å². The number of carbonyl (C=O) groups is 1. The van der Waals surface area contributed by atoms with E-state index in [1.54, 1.807) is 50.6 Å². The summed E-state index contributed by atoms with van der Waals surface area (Å²) in [7, 11) is 3.09. The largest absolute Gasteiger partial charge is 0.493 e. The van der Waals surface area contributed by atoms with Gasteiger partial charge in [-0.1, -0.05) is 23.5 Å². The molecule has 8 heteroatoms. The Morgan fingerprint density at radius 3 is 2.63 bits per heavy atom. The van der Waals surface area contributed by atoms with E-state index in [9.17, 15) is 9.59 Å². The van der Waals surface area contributed by atoms with Crippen LogP contribution in [-0.4, -0.2) is 25.1 Å². The third-order valence-electron chi connectivity index (χ3n) is 3.97. The molecule has 0 saturated carbocycles. The minimum absolute atomic E-state index is 0.0758. The van der Waals surface area contributed by atoms with Gasteiger partial charge in [0.05, 0.1) is 29.8 Å². The second kappa shape index (κ2) is 6.73. The fraction of sp³-hybridized carbons (Fsp3) is 0.105. The molecule has 2 heterocycles. The van der Waals surface area contributed by atoms with Gasteiger partial charge < -0.3 is 13.9 Å². The number of thiazole rings is 1. The first kappa shape index (κ1) is 17.0. The highest BCUT2D eigenvalue weighted by Crippen LogP contribution is 2.36. The van der Waals surface area contributed by atoms with Crippen molar-refractivity contribution in [3.63, 3.8) is 0 Å². The third-order valence-corrected chi connectivity index (χ3v) is 4.91. The number of hydrogen-bond acceptors (Lipinski definition) is 7. The first-order chi connectivity index (χ1) is 13.1. The number of nitrogens with zero attached hydrogens (tertiary/aromatic N) is 1. The van der Waals surface area contributed by atoms with Crippen molar-refractivity contribution >= 4 is 43.6 Å². The van der Waals surface area contributed by atoms with Crippen LogP contribution in [0.4, 0.5) is 5.13 Å². The van der Waals surface area contributed by atoms with Crippen LogP contribution < -0.4 is 20.2 Å². The molecule has 27 heavy (non-hydrogen) atoms. The first-order valence-electron chi connectivity index (χ1n) is 7.96. The molecule has 4 aromatic rings. The van der Waals surface area contributed by atoms with Crippen LogP contribution in [0.2, 0.25) is 0 Å². The molecule has 0 aliphatic carbocycles. The van der Waals surface area contributed by atoms with E-state index < -0.39 is 5.91 Å². The molecule has 0 aliphatic rings. The normalized spacial score (nSPS) is 10.9. The summed E-state index contributed by atoms with van der Waals surface area (Å²) in [6.07, 6.45) is 0. The average Bonchev–Trinajstić information content (AvgIpc) is 3.07. The fourth-order valence-electron chi connectivity index (χ4n) is 2.68. The van der Waals surface area contributed by atoms with Crippen molar-refractivity contribution in [1.82, 2.24) is 4.98 Å². The van der Waals surface area contributed by atoms with Crippen LogP contribution in [0.1, 0.15) is 10.6 Å². The van der Waals surface area contributed by atoms with E-state index in [-0.39, 0.29) is 11.2 Å². The van der Waals surface area contributed by atoms with Crippen molar-refractivity contribution < 1.29 is 18.7 Å². The number of para-hydroxylation sites is 1. The summed E-state index contributed by atoms with van der Waals surface area (Å²) in [5.74, 6) is 0.504. The zero-order valence-electron chi connectivity index (χ0n) is 14.4. The monoisotopic (exact) mass is 382 g/mol. The molecule has 7 nitrogen and oxygen atoms in total. The predicted octanol–water partition coefficient (Wildman–Crippen LogP) is 3.67. The lowest BCUT2D eigenvalue weighted by Gasteiger charge is -2.05. The second-order valence-corrected chi connectivity index (χ2v) is 6.65. The molecule has 4 rings (SSSR count). The number of amides is 1. The summed E-state index contributed by atoms with van der Waals surface area (Å²) in [5, 5.41) is 3.47. The van der Waals surface area contributed by atoms with Gasteiger partial charge in [-0.15, -0.1) is 0 Å². The predicted molar refractivity (Wildman–Crippen MR) is 103 cm³/mol. The van der Waals surface area contributed by atoms with Crippen molar-refractivity contribution in [3.8, 4) is 11.5 Å². The molecule has 0 spiro atoms. The summed E-state index contributed by atoms with van der Waals surface area (Å²) in [6, 6.07) is 11.5. The Kier molecular flexibility index (Phi) is 4.25. The van der Waals surface area contributed by atoms with Crippen LogP contribution >= 0.6 is 11.3 Å². The molecule has 0 radical (unpaired) electrons. The highest BCUT2D eigenvalue weighted by atomic mass is 32.1. The summed E-state index contributed by atoms with van der Waals surface area (Å²) in [5.41, 5.74) is 0.739. The Bertz CT molecular complexity index is 1190. The molecule has 0 fully saturated rings. The van der Waals surface area contributed by atoms with E-state index in [4.69, 9.17) is 13.9 Å². The standard InChI is InChI=1S/C19H14N2O5S/c1-24-14-7-11-17(9-15(14)25-2)27-19(20-11)21-18(23)16-8-12(22)10-5-3-4-6-13(10)26-16/h3-9H,1-2H3,(H,20,21,23). The van der Waals surface area contributed by atoms with Gasteiger partial charge in [-0.05, 0) is 12.1 Å².